The molecule has 5 heteroatoms. The predicted octanol–water partition coefficient (Wildman–Crippen LogP) is 1.10. The largest absolute Gasteiger partial charge is 0.383 e. The minimum Gasteiger partial charge on any atom is -0.383 e. The SMILES string of the molecule is CCN1CCCC1Cn1cncc1CNCCOC. The van der Waals surface area contributed by atoms with E-state index < -0.39 is 0 Å². The molecule has 1 aromatic rings. The number of imidazole rings is 1. The number of likely N-dealkylation sites (tertiary alicyclic amines) is 1. The van der Waals surface area contributed by atoms with E-state index in [2.05, 4.69) is 26.7 Å². The average Bonchev–Trinajstić information content (AvgIpc) is 3.04. The molecule has 1 fully saturated rings. The molecule has 1 aliphatic heterocycles. The molecular formula is C14H26N4O. The van der Waals surface area contributed by atoms with E-state index in [1.807, 2.05) is 12.5 Å². The van der Waals surface area contributed by atoms with Gasteiger partial charge in [0.15, 0.2) is 0 Å². The molecule has 1 unspecified atom stereocenters. The Kier molecular flexibility index (Phi) is 5.82. The van der Waals surface area contributed by atoms with Crippen LogP contribution in [0.3, 0.4) is 0 Å². The molecule has 2 heterocycles. The van der Waals surface area contributed by atoms with Crippen LogP contribution in [0.25, 0.3) is 0 Å². The van der Waals surface area contributed by atoms with Crippen molar-refractivity contribution in [1.29, 1.82) is 0 Å². The highest BCUT2D eigenvalue weighted by atomic mass is 16.5. The molecule has 2 rings (SSSR count). The van der Waals surface area contributed by atoms with Gasteiger partial charge in [-0.1, -0.05) is 6.92 Å². The first kappa shape index (κ1) is 14.5. The molecule has 0 amide bonds. The second-order valence-corrected chi connectivity index (χ2v) is 5.13. The van der Waals surface area contributed by atoms with Crippen LogP contribution in [0.4, 0.5) is 0 Å². The van der Waals surface area contributed by atoms with Crippen molar-refractivity contribution in [3.63, 3.8) is 0 Å². The van der Waals surface area contributed by atoms with Crippen molar-refractivity contribution < 1.29 is 4.74 Å². The average molecular weight is 266 g/mol. The van der Waals surface area contributed by atoms with E-state index >= 15 is 0 Å². The van der Waals surface area contributed by atoms with Crippen LogP contribution in [0.5, 0.6) is 0 Å². The number of methoxy groups -OCH3 is 1. The van der Waals surface area contributed by atoms with Gasteiger partial charge in [0.1, 0.15) is 0 Å². The standard InChI is InChI=1S/C14H26N4O/c1-3-17-7-4-5-13(17)11-18-12-16-10-14(18)9-15-6-8-19-2/h10,12-13,15H,3-9,11H2,1-2H3. The van der Waals surface area contributed by atoms with Crippen LogP contribution >= 0.6 is 0 Å². The Labute approximate surface area is 116 Å². The fourth-order valence-electron chi connectivity index (χ4n) is 2.80. The second kappa shape index (κ2) is 7.62. The van der Waals surface area contributed by atoms with Gasteiger partial charge in [-0.25, -0.2) is 4.98 Å². The van der Waals surface area contributed by atoms with E-state index in [0.717, 1.165) is 32.8 Å². The molecule has 1 N–H and O–H groups in total. The van der Waals surface area contributed by atoms with E-state index in [1.165, 1.54) is 25.1 Å². The summed E-state index contributed by atoms with van der Waals surface area (Å²) < 4.78 is 7.33. The first-order valence-electron chi connectivity index (χ1n) is 7.27. The van der Waals surface area contributed by atoms with Gasteiger partial charge in [-0.15, -0.1) is 0 Å². The van der Waals surface area contributed by atoms with Crippen molar-refractivity contribution in [3.8, 4) is 0 Å². The van der Waals surface area contributed by atoms with Crippen LogP contribution in [0.2, 0.25) is 0 Å². The van der Waals surface area contributed by atoms with Crippen LogP contribution in [0, 0.1) is 0 Å². The molecule has 0 bridgehead atoms. The zero-order valence-corrected chi connectivity index (χ0v) is 12.1. The maximum absolute atomic E-state index is 5.04. The fraction of sp³-hybridized carbons (Fsp3) is 0.786. The van der Waals surface area contributed by atoms with Gasteiger partial charge in [-0.05, 0) is 25.9 Å². The molecule has 0 aromatic carbocycles. The van der Waals surface area contributed by atoms with Crippen molar-refractivity contribution >= 4 is 0 Å². The molecular weight excluding hydrogens is 240 g/mol. The molecule has 1 aromatic heterocycles. The van der Waals surface area contributed by atoms with Gasteiger partial charge >= 0.3 is 0 Å². The van der Waals surface area contributed by atoms with Gasteiger partial charge in [0.25, 0.3) is 0 Å². The molecule has 19 heavy (non-hydrogen) atoms. The summed E-state index contributed by atoms with van der Waals surface area (Å²) in [5.74, 6) is 0. The number of hydrogen-bond acceptors (Lipinski definition) is 4. The molecule has 108 valence electrons. The Morgan fingerprint density at radius 2 is 2.42 bits per heavy atom. The lowest BCUT2D eigenvalue weighted by molar-refractivity contribution is 0.198. The number of aromatic nitrogens is 2. The normalized spacial score (nSPS) is 20.2. The molecule has 1 aliphatic rings. The summed E-state index contributed by atoms with van der Waals surface area (Å²) in [4.78, 5) is 6.86. The van der Waals surface area contributed by atoms with E-state index in [1.54, 1.807) is 7.11 Å². The van der Waals surface area contributed by atoms with Crippen molar-refractivity contribution in [2.45, 2.75) is 38.9 Å². The third kappa shape index (κ3) is 4.03. The van der Waals surface area contributed by atoms with E-state index in [0.29, 0.717) is 6.04 Å². The Morgan fingerprint density at radius 3 is 3.21 bits per heavy atom. The monoisotopic (exact) mass is 266 g/mol. The highest BCUT2D eigenvalue weighted by Crippen LogP contribution is 2.18. The number of ether oxygens (including phenoxy) is 1. The molecule has 0 aliphatic carbocycles. The van der Waals surface area contributed by atoms with Gasteiger partial charge in [0.2, 0.25) is 0 Å². The smallest absolute Gasteiger partial charge is 0.0949 e. The van der Waals surface area contributed by atoms with Crippen LogP contribution in [-0.2, 0) is 17.8 Å². The maximum atomic E-state index is 5.04. The lowest BCUT2D eigenvalue weighted by Gasteiger charge is -2.23. The van der Waals surface area contributed by atoms with Gasteiger partial charge in [-0.2, -0.15) is 0 Å². The molecule has 5 nitrogen and oxygen atoms in total. The van der Waals surface area contributed by atoms with Gasteiger partial charge in [0.05, 0.1) is 18.6 Å². The Morgan fingerprint density at radius 1 is 1.53 bits per heavy atom. The first-order valence-corrected chi connectivity index (χ1v) is 7.27. The zero-order chi connectivity index (χ0) is 13.5. The number of likely N-dealkylation sites (N-methyl/N-ethyl adjacent to an activating group) is 1. The maximum Gasteiger partial charge on any atom is 0.0949 e. The van der Waals surface area contributed by atoms with Gasteiger partial charge in [0, 0.05) is 39.0 Å². The third-order valence-electron chi connectivity index (χ3n) is 3.90. The third-order valence-corrected chi connectivity index (χ3v) is 3.90. The summed E-state index contributed by atoms with van der Waals surface area (Å²) in [6, 6.07) is 0.678. The van der Waals surface area contributed by atoms with Gasteiger partial charge < -0.3 is 14.6 Å². The van der Waals surface area contributed by atoms with Crippen molar-refractivity contribution in [3.05, 3.63) is 18.2 Å². The van der Waals surface area contributed by atoms with Crippen LogP contribution in [-0.4, -0.2) is 53.8 Å². The Bertz CT molecular complexity index is 366. The van der Waals surface area contributed by atoms with Crippen molar-refractivity contribution in [2.75, 3.05) is 33.4 Å². The second-order valence-electron chi connectivity index (χ2n) is 5.13. The van der Waals surface area contributed by atoms with Crippen molar-refractivity contribution in [2.24, 2.45) is 0 Å². The lowest BCUT2D eigenvalue weighted by Crippen LogP contribution is -2.33. The number of nitrogens with one attached hydrogen (secondary N) is 1. The Balaban J connectivity index is 1.84. The highest BCUT2D eigenvalue weighted by molar-refractivity contribution is 4.99. The topological polar surface area (TPSA) is 42.3 Å². The van der Waals surface area contributed by atoms with Crippen LogP contribution in [0.1, 0.15) is 25.5 Å². The lowest BCUT2D eigenvalue weighted by atomic mass is 10.2. The van der Waals surface area contributed by atoms with Gasteiger partial charge in [-0.3, -0.25) is 4.90 Å². The summed E-state index contributed by atoms with van der Waals surface area (Å²) in [5, 5.41) is 3.38. The summed E-state index contributed by atoms with van der Waals surface area (Å²) in [6.07, 6.45) is 6.56. The van der Waals surface area contributed by atoms with E-state index in [4.69, 9.17) is 4.74 Å². The molecule has 0 spiro atoms. The molecule has 1 saturated heterocycles. The fourth-order valence-corrected chi connectivity index (χ4v) is 2.80. The first-order chi connectivity index (χ1) is 9.35. The summed E-state index contributed by atoms with van der Waals surface area (Å²) >= 11 is 0. The molecule has 0 radical (unpaired) electrons. The number of hydrogen-bond donors (Lipinski definition) is 1. The summed E-state index contributed by atoms with van der Waals surface area (Å²) in [7, 11) is 1.73. The predicted molar refractivity (Wildman–Crippen MR) is 76.1 cm³/mol. The Hall–Kier alpha value is -0.910. The van der Waals surface area contributed by atoms with E-state index in [9.17, 15) is 0 Å². The zero-order valence-electron chi connectivity index (χ0n) is 12.1. The quantitative estimate of drug-likeness (QED) is 0.716. The minimum absolute atomic E-state index is 0.678. The van der Waals surface area contributed by atoms with E-state index in [-0.39, 0.29) is 0 Å². The molecule has 0 saturated carbocycles. The van der Waals surface area contributed by atoms with Crippen LogP contribution in [0.15, 0.2) is 12.5 Å². The summed E-state index contributed by atoms with van der Waals surface area (Å²) in [5.41, 5.74) is 1.26. The minimum atomic E-state index is 0.678. The summed E-state index contributed by atoms with van der Waals surface area (Å²) in [6.45, 7) is 8.21. The number of nitrogens with zero attached hydrogens (tertiary/aromatic N) is 3. The highest BCUT2D eigenvalue weighted by Gasteiger charge is 2.23. The van der Waals surface area contributed by atoms with Crippen molar-refractivity contribution in [1.82, 2.24) is 19.8 Å². The number of rotatable bonds is 8. The van der Waals surface area contributed by atoms with Crippen LogP contribution < -0.4 is 5.32 Å². The molecule has 1 atom stereocenters.